The van der Waals surface area contributed by atoms with E-state index in [1.165, 1.54) is 16.9 Å². The Bertz CT molecular complexity index is 630. The number of nitrogens with two attached hydrogens (primary N) is 1. The number of carbonyl (C=O) groups excluding carboxylic acids is 1. The number of halogens is 2. The number of hydrogen-bond donors (Lipinski definition) is 2. The molecule has 1 heterocycles. The van der Waals surface area contributed by atoms with Crippen LogP contribution in [0.1, 0.15) is 40.5 Å². The fraction of sp³-hybridized carbons (Fsp3) is 0.412. The van der Waals surface area contributed by atoms with E-state index in [1.54, 1.807) is 5.38 Å². The molecule has 0 spiro atoms. The van der Waals surface area contributed by atoms with Crippen LogP contribution in [0.15, 0.2) is 29.6 Å². The van der Waals surface area contributed by atoms with Crippen molar-refractivity contribution < 1.29 is 4.79 Å². The van der Waals surface area contributed by atoms with Crippen molar-refractivity contribution in [1.82, 2.24) is 15.2 Å². The van der Waals surface area contributed by atoms with Gasteiger partial charge in [-0.05, 0) is 24.2 Å². The third kappa shape index (κ3) is 7.30. The SMILES string of the molecule is CCN(CC)Cc1ccc(CNC(=O)c2csc(CN)n2)cc1.Cl.Cl. The monoisotopic (exact) mass is 404 g/mol. The number of rotatable bonds is 8. The number of carbonyl (C=O) groups is 1. The summed E-state index contributed by atoms with van der Waals surface area (Å²) in [7, 11) is 0. The fourth-order valence-electron chi connectivity index (χ4n) is 2.25. The smallest absolute Gasteiger partial charge is 0.271 e. The minimum Gasteiger partial charge on any atom is -0.347 e. The Balaban J connectivity index is 0.00000288. The second-order valence-corrected chi connectivity index (χ2v) is 6.23. The Morgan fingerprint density at radius 2 is 1.76 bits per heavy atom. The van der Waals surface area contributed by atoms with Crippen LogP contribution >= 0.6 is 36.2 Å². The van der Waals surface area contributed by atoms with Gasteiger partial charge in [0.1, 0.15) is 10.7 Å². The van der Waals surface area contributed by atoms with Gasteiger partial charge in [0.15, 0.2) is 0 Å². The Labute approximate surface area is 165 Å². The maximum Gasteiger partial charge on any atom is 0.271 e. The molecule has 8 heteroatoms. The lowest BCUT2D eigenvalue weighted by Crippen LogP contribution is -2.23. The van der Waals surface area contributed by atoms with Gasteiger partial charge in [0.25, 0.3) is 5.91 Å². The van der Waals surface area contributed by atoms with Gasteiger partial charge in [-0.1, -0.05) is 38.1 Å². The van der Waals surface area contributed by atoms with E-state index in [0.717, 1.165) is 30.2 Å². The highest BCUT2D eigenvalue weighted by Gasteiger charge is 2.09. The van der Waals surface area contributed by atoms with Gasteiger partial charge in [0.05, 0.1) is 0 Å². The summed E-state index contributed by atoms with van der Waals surface area (Å²) >= 11 is 1.41. The predicted molar refractivity (Wildman–Crippen MR) is 109 cm³/mol. The molecule has 0 aliphatic heterocycles. The number of nitrogens with one attached hydrogen (secondary N) is 1. The molecule has 0 atom stereocenters. The summed E-state index contributed by atoms with van der Waals surface area (Å²) < 4.78 is 0. The van der Waals surface area contributed by atoms with Gasteiger partial charge in [-0.25, -0.2) is 4.98 Å². The molecule has 0 radical (unpaired) electrons. The topological polar surface area (TPSA) is 71.2 Å². The van der Waals surface area contributed by atoms with E-state index in [9.17, 15) is 4.79 Å². The Morgan fingerprint density at radius 3 is 2.28 bits per heavy atom. The van der Waals surface area contributed by atoms with Crippen LogP contribution in [-0.2, 0) is 19.6 Å². The highest BCUT2D eigenvalue weighted by Crippen LogP contribution is 2.10. The van der Waals surface area contributed by atoms with Crippen molar-refractivity contribution in [2.24, 2.45) is 5.73 Å². The number of thiazole rings is 1. The standard InChI is InChI=1S/C17H24N4OS.2ClH/c1-3-21(4-2)11-14-7-5-13(6-8-14)10-19-17(22)15-12-23-16(9-18)20-15;;/h5-8,12H,3-4,9-11,18H2,1-2H3,(H,19,22);2*1H. The molecule has 5 nitrogen and oxygen atoms in total. The van der Waals surface area contributed by atoms with Crippen LogP contribution in [0.5, 0.6) is 0 Å². The maximum absolute atomic E-state index is 12.0. The molecule has 0 saturated heterocycles. The third-order valence-corrected chi connectivity index (χ3v) is 4.61. The molecule has 1 aromatic heterocycles. The zero-order valence-electron chi connectivity index (χ0n) is 14.5. The largest absolute Gasteiger partial charge is 0.347 e. The zero-order chi connectivity index (χ0) is 16.7. The van der Waals surface area contributed by atoms with Gasteiger partial charge >= 0.3 is 0 Å². The first-order valence-corrected chi connectivity index (χ1v) is 8.77. The molecule has 0 aliphatic carbocycles. The molecule has 0 bridgehead atoms. The molecule has 2 aromatic rings. The molecule has 3 N–H and O–H groups in total. The Hall–Kier alpha value is -1.18. The van der Waals surface area contributed by atoms with Gasteiger partial charge in [-0.3, -0.25) is 9.69 Å². The van der Waals surface area contributed by atoms with Crippen LogP contribution in [0.2, 0.25) is 0 Å². The lowest BCUT2D eigenvalue weighted by Gasteiger charge is -2.18. The number of hydrogen-bond acceptors (Lipinski definition) is 5. The molecule has 140 valence electrons. The highest BCUT2D eigenvalue weighted by molar-refractivity contribution is 7.09. The van der Waals surface area contributed by atoms with Crippen molar-refractivity contribution in [3.63, 3.8) is 0 Å². The van der Waals surface area contributed by atoms with Crippen molar-refractivity contribution >= 4 is 42.1 Å². The van der Waals surface area contributed by atoms with E-state index in [2.05, 4.69) is 53.3 Å². The number of benzene rings is 1. The van der Waals surface area contributed by atoms with Crippen molar-refractivity contribution in [3.05, 3.63) is 51.5 Å². The minimum absolute atomic E-state index is 0. The lowest BCUT2D eigenvalue weighted by molar-refractivity contribution is 0.0946. The summed E-state index contributed by atoms with van der Waals surface area (Å²) in [6, 6.07) is 8.36. The van der Waals surface area contributed by atoms with E-state index in [-0.39, 0.29) is 30.7 Å². The zero-order valence-corrected chi connectivity index (χ0v) is 17.0. The van der Waals surface area contributed by atoms with Gasteiger partial charge in [-0.15, -0.1) is 36.2 Å². The van der Waals surface area contributed by atoms with Crippen molar-refractivity contribution in [1.29, 1.82) is 0 Å². The first-order valence-electron chi connectivity index (χ1n) is 7.89. The number of nitrogens with zero attached hydrogens (tertiary/aromatic N) is 2. The molecule has 2 rings (SSSR count). The molecule has 1 aromatic carbocycles. The van der Waals surface area contributed by atoms with Gasteiger partial charge < -0.3 is 11.1 Å². The summed E-state index contributed by atoms with van der Waals surface area (Å²) in [5.74, 6) is -0.159. The second kappa shape index (κ2) is 12.2. The van der Waals surface area contributed by atoms with Gasteiger partial charge in [0.2, 0.25) is 0 Å². The third-order valence-electron chi connectivity index (χ3n) is 3.74. The number of aromatic nitrogens is 1. The molecule has 25 heavy (non-hydrogen) atoms. The van der Waals surface area contributed by atoms with E-state index in [1.807, 2.05) is 0 Å². The average Bonchev–Trinajstić information content (AvgIpc) is 3.08. The summed E-state index contributed by atoms with van der Waals surface area (Å²) in [6.45, 7) is 8.26. The number of amides is 1. The van der Waals surface area contributed by atoms with Crippen molar-refractivity contribution in [2.45, 2.75) is 33.5 Å². The molecule has 0 fully saturated rings. The highest BCUT2D eigenvalue weighted by atomic mass is 35.5. The van der Waals surface area contributed by atoms with Crippen LogP contribution < -0.4 is 11.1 Å². The summed E-state index contributed by atoms with van der Waals surface area (Å²) in [6.07, 6.45) is 0. The molecule has 0 aliphatic rings. The average molecular weight is 405 g/mol. The predicted octanol–water partition coefficient (Wildman–Crippen LogP) is 3.22. The van der Waals surface area contributed by atoms with E-state index in [4.69, 9.17) is 5.73 Å². The fourth-order valence-corrected chi connectivity index (χ4v) is 2.90. The van der Waals surface area contributed by atoms with Gasteiger partial charge in [-0.2, -0.15) is 0 Å². The first kappa shape index (κ1) is 23.8. The van der Waals surface area contributed by atoms with Crippen LogP contribution in [0, 0.1) is 0 Å². The van der Waals surface area contributed by atoms with E-state index >= 15 is 0 Å². The summed E-state index contributed by atoms with van der Waals surface area (Å²) in [5, 5.41) is 5.40. The van der Waals surface area contributed by atoms with E-state index in [0.29, 0.717) is 18.8 Å². The van der Waals surface area contributed by atoms with E-state index < -0.39 is 0 Å². The van der Waals surface area contributed by atoms with Crippen LogP contribution in [-0.4, -0.2) is 28.9 Å². The van der Waals surface area contributed by atoms with Crippen molar-refractivity contribution in [2.75, 3.05) is 13.1 Å². The summed E-state index contributed by atoms with van der Waals surface area (Å²) in [5.41, 5.74) is 8.32. The minimum atomic E-state index is -0.159. The molecule has 1 amide bonds. The molecule has 0 unspecified atom stereocenters. The van der Waals surface area contributed by atoms with Crippen LogP contribution in [0.4, 0.5) is 0 Å². The normalized spacial score (nSPS) is 10.1. The summed E-state index contributed by atoms with van der Waals surface area (Å²) in [4.78, 5) is 18.6. The second-order valence-electron chi connectivity index (χ2n) is 5.29. The van der Waals surface area contributed by atoms with Crippen molar-refractivity contribution in [3.8, 4) is 0 Å². The molecule has 0 saturated carbocycles. The lowest BCUT2D eigenvalue weighted by atomic mass is 10.1. The Kier molecular flexibility index (Phi) is 11.6. The molecular weight excluding hydrogens is 379 g/mol. The van der Waals surface area contributed by atoms with Crippen LogP contribution in [0.25, 0.3) is 0 Å². The quantitative estimate of drug-likeness (QED) is 0.708. The Morgan fingerprint density at radius 1 is 1.16 bits per heavy atom. The van der Waals surface area contributed by atoms with Crippen LogP contribution in [0.3, 0.4) is 0 Å². The molecular formula is C17H26Cl2N4OS. The first-order chi connectivity index (χ1) is 11.2. The maximum atomic E-state index is 12.0. The van der Waals surface area contributed by atoms with Gasteiger partial charge in [0, 0.05) is 25.0 Å².